The minimum Gasteiger partial charge on any atom is -0.472 e. The van der Waals surface area contributed by atoms with Gasteiger partial charge in [0.15, 0.2) is 0 Å². The zero-order valence-corrected chi connectivity index (χ0v) is 21.1. The van der Waals surface area contributed by atoms with Gasteiger partial charge in [0.25, 0.3) is 5.56 Å². The fourth-order valence-corrected chi connectivity index (χ4v) is 5.58. The highest BCUT2D eigenvalue weighted by Gasteiger charge is 2.40. The second-order valence-electron chi connectivity index (χ2n) is 9.74. The first-order valence-corrected chi connectivity index (χ1v) is 12.2. The third-order valence-corrected chi connectivity index (χ3v) is 7.87. The monoisotopic (exact) mass is 496 g/mol. The number of fused-ring (bicyclic) bond motifs is 3. The second-order valence-corrected chi connectivity index (χ2v) is 10.1. The number of hydrogen-bond acceptors (Lipinski definition) is 6. The summed E-state index contributed by atoms with van der Waals surface area (Å²) in [4.78, 5) is 29.1. The van der Waals surface area contributed by atoms with Crippen LogP contribution in [0.4, 0.5) is 0 Å². The number of aromatic nitrogens is 2. The van der Waals surface area contributed by atoms with Gasteiger partial charge in [0.1, 0.15) is 22.2 Å². The molecule has 3 heterocycles. The number of carbonyl (C=O) groups is 1. The first kappa shape index (κ1) is 23.6. The largest absolute Gasteiger partial charge is 0.472 e. The molecule has 3 aromatic heterocycles. The molecule has 1 N–H and O–H groups in total. The van der Waals surface area contributed by atoms with Crippen molar-refractivity contribution in [3.8, 4) is 0 Å². The molecule has 3 unspecified atom stereocenters. The standard InChI is InChI=1S/C26H29ClN4O4/c1-15-21-23(29-35-15)22-19(27)9-6-10-20(22)31(24(21)32)18-8-5-7-17(13-18)28-25(33)26(2,30(3)4)16-11-12-34-14-16/h6,9-12,14,17-18H,5,7-8,13H2,1-4H3,(H,28,33). The molecule has 184 valence electrons. The Kier molecular flexibility index (Phi) is 5.97. The second kappa shape index (κ2) is 8.84. The summed E-state index contributed by atoms with van der Waals surface area (Å²) in [5.41, 5.74) is 0.999. The van der Waals surface area contributed by atoms with Crippen molar-refractivity contribution in [3.63, 3.8) is 0 Å². The number of amides is 1. The fourth-order valence-electron chi connectivity index (χ4n) is 5.32. The molecular formula is C26H29ClN4O4. The summed E-state index contributed by atoms with van der Waals surface area (Å²) in [6.07, 6.45) is 6.38. The Morgan fingerprint density at radius 1 is 1.26 bits per heavy atom. The molecule has 0 spiro atoms. The predicted molar refractivity (Wildman–Crippen MR) is 135 cm³/mol. The molecule has 4 aromatic rings. The summed E-state index contributed by atoms with van der Waals surface area (Å²) < 4.78 is 12.5. The predicted octanol–water partition coefficient (Wildman–Crippen LogP) is 4.77. The first-order valence-electron chi connectivity index (χ1n) is 11.8. The Morgan fingerprint density at radius 2 is 2.06 bits per heavy atom. The number of rotatable bonds is 5. The van der Waals surface area contributed by atoms with E-state index in [4.69, 9.17) is 20.5 Å². The van der Waals surface area contributed by atoms with Gasteiger partial charge in [-0.15, -0.1) is 0 Å². The molecule has 1 aromatic carbocycles. The van der Waals surface area contributed by atoms with E-state index in [0.717, 1.165) is 30.3 Å². The van der Waals surface area contributed by atoms with Gasteiger partial charge >= 0.3 is 0 Å². The van der Waals surface area contributed by atoms with Crippen LogP contribution in [0.2, 0.25) is 5.02 Å². The van der Waals surface area contributed by atoms with Gasteiger partial charge < -0.3 is 18.8 Å². The molecule has 35 heavy (non-hydrogen) atoms. The minimum atomic E-state index is -0.879. The molecule has 3 atom stereocenters. The number of nitrogens with one attached hydrogen (secondary N) is 1. The number of halogens is 1. The average molecular weight is 497 g/mol. The average Bonchev–Trinajstić information content (AvgIpc) is 3.49. The molecule has 8 nitrogen and oxygen atoms in total. The van der Waals surface area contributed by atoms with Crippen molar-refractivity contribution < 1.29 is 13.7 Å². The summed E-state index contributed by atoms with van der Waals surface area (Å²) in [5, 5.41) is 9.09. The molecule has 9 heteroatoms. The van der Waals surface area contributed by atoms with E-state index in [9.17, 15) is 9.59 Å². The third kappa shape index (κ3) is 3.76. The van der Waals surface area contributed by atoms with E-state index in [1.54, 1.807) is 25.5 Å². The molecule has 1 aliphatic rings. The highest BCUT2D eigenvalue weighted by Crippen LogP contribution is 2.36. The normalized spacial score (nSPS) is 20.4. The topological polar surface area (TPSA) is 93.5 Å². The van der Waals surface area contributed by atoms with Crippen molar-refractivity contribution >= 4 is 39.3 Å². The molecule has 1 aliphatic carbocycles. The van der Waals surface area contributed by atoms with Gasteiger partial charge in [-0.2, -0.15) is 0 Å². The number of pyridine rings is 1. The summed E-state index contributed by atoms with van der Waals surface area (Å²) in [7, 11) is 3.75. The number of nitrogens with zero attached hydrogens (tertiary/aromatic N) is 3. The number of furan rings is 1. The van der Waals surface area contributed by atoms with Crippen molar-refractivity contribution in [2.45, 2.75) is 57.2 Å². The Bertz CT molecular complexity index is 1460. The van der Waals surface area contributed by atoms with Crippen LogP contribution in [0.25, 0.3) is 21.8 Å². The lowest BCUT2D eigenvalue weighted by atomic mass is 9.87. The third-order valence-electron chi connectivity index (χ3n) is 7.55. The molecular weight excluding hydrogens is 468 g/mol. The van der Waals surface area contributed by atoms with Crippen LogP contribution in [-0.4, -0.2) is 40.7 Å². The van der Waals surface area contributed by atoms with Crippen LogP contribution in [0.3, 0.4) is 0 Å². The molecule has 0 saturated heterocycles. The molecule has 0 radical (unpaired) electrons. The van der Waals surface area contributed by atoms with Crippen LogP contribution in [0.5, 0.6) is 0 Å². The lowest BCUT2D eigenvalue weighted by Gasteiger charge is -2.38. The van der Waals surface area contributed by atoms with E-state index >= 15 is 0 Å². The fraction of sp³-hybridized carbons (Fsp3) is 0.423. The molecule has 1 amide bonds. The van der Waals surface area contributed by atoms with Crippen LogP contribution < -0.4 is 10.9 Å². The molecule has 1 fully saturated rings. The first-order chi connectivity index (χ1) is 16.7. The number of likely N-dealkylation sites (N-methyl/N-ethyl adjacent to an activating group) is 1. The molecule has 5 rings (SSSR count). The van der Waals surface area contributed by atoms with Crippen molar-refractivity contribution in [3.05, 3.63) is 63.5 Å². The maximum absolute atomic E-state index is 13.7. The van der Waals surface area contributed by atoms with Gasteiger partial charge in [-0.25, -0.2) is 0 Å². The van der Waals surface area contributed by atoms with Crippen LogP contribution in [0.15, 0.2) is 50.5 Å². The van der Waals surface area contributed by atoms with Gasteiger partial charge in [0.05, 0.1) is 23.1 Å². The quantitative estimate of drug-likeness (QED) is 0.427. The summed E-state index contributed by atoms with van der Waals surface area (Å²) in [6.45, 7) is 3.63. The van der Waals surface area contributed by atoms with E-state index in [2.05, 4.69) is 10.5 Å². The lowest BCUT2D eigenvalue weighted by molar-refractivity contribution is -0.132. The molecule has 1 saturated carbocycles. The Hall–Kier alpha value is -3.10. The van der Waals surface area contributed by atoms with Crippen molar-refractivity contribution in [2.24, 2.45) is 0 Å². The van der Waals surface area contributed by atoms with Crippen LogP contribution in [0, 0.1) is 6.92 Å². The Morgan fingerprint density at radius 3 is 2.77 bits per heavy atom. The molecule has 0 bridgehead atoms. The van der Waals surface area contributed by atoms with E-state index in [-0.39, 0.29) is 23.6 Å². The van der Waals surface area contributed by atoms with Crippen molar-refractivity contribution in [1.82, 2.24) is 19.9 Å². The van der Waals surface area contributed by atoms with E-state index in [1.165, 1.54) is 0 Å². The van der Waals surface area contributed by atoms with E-state index < -0.39 is 5.54 Å². The van der Waals surface area contributed by atoms with E-state index in [0.29, 0.717) is 33.5 Å². The van der Waals surface area contributed by atoms with Gasteiger partial charge in [-0.1, -0.05) is 22.8 Å². The Balaban J connectivity index is 1.51. The molecule has 0 aliphatic heterocycles. The number of aryl methyl sites for hydroxylation is 1. The number of benzene rings is 1. The highest BCUT2D eigenvalue weighted by atomic mass is 35.5. The van der Waals surface area contributed by atoms with Gasteiger partial charge in [-0.3, -0.25) is 14.5 Å². The van der Waals surface area contributed by atoms with Gasteiger partial charge in [-0.05, 0) is 71.8 Å². The van der Waals surface area contributed by atoms with Crippen molar-refractivity contribution in [1.29, 1.82) is 0 Å². The zero-order valence-electron chi connectivity index (χ0n) is 20.3. The zero-order chi connectivity index (χ0) is 24.9. The number of hydrogen-bond donors (Lipinski definition) is 1. The maximum atomic E-state index is 13.7. The van der Waals surface area contributed by atoms with Gasteiger partial charge in [0, 0.05) is 23.0 Å². The van der Waals surface area contributed by atoms with Crippen LogP contribution in [-0.2, 0) is 10.3 Å². The number of carbonyl (C=O) groups excluding carboxylic acids is 1. The lowest BCUT2D eigenvalue weighted by Crippen LogP contribution is -2.54. The summed E-state index contributed by atoms with van der Waals surface area (Å²) >= 11 is 6.57. The smallest absolute Gasteiger partial charge is 0.264 e. The van der Waals surface area contributed by atoms with Gasteiger partial charge in [0.2, 0.25) is 5.91 Å². The van der Waals surface area contributed by atoms with Crippen LogP contribution in [0.1, 0.15) is 50.0 Å². The van der Waals surface area contributed by atoms with Crippen molar-refractivity contribution in [2.75, 3.05) is 14.1 Å². The highest BCUT2D eigenvalue weighted by molar-refractivity contribution is 6.37. The summed E-state index contributed by atoms with van der Waals surface area (Å²) in [6, 6.07) is 7.18. The van der Waals surface area contributed by atoms with Crippen LogP contribution >= 0.6 is 11.6 Å². The maximum Gasteiger partial charge on any atom is 0.264 e. The van der Waals surface area contributed by atoms with E-state index in [1.807, 2.05) is 48.7 Å². The summed E-state index contributed by atoms with van der Waals surface area (Å²) in [5.74, 6) is 0.378. The SMILES string of the molecule is Cc1onc2c1c(=O)n(C1CCCC(NC(=O)C(C)(c3ccoc3)N(C)C)C1)c1cccc(Cl)c21. The Labute approximate surface area is 207 Å². The minimum absolute atomic E-state index is 0.0761.